The fraction of sp³-hybridized carbons (Fsp3) is 0.364. The maximum absolute atomic E-state index is 13.2. The smallest absolute Gasteiger partial charge is 0.496 e. The second kappa shape index (κ2) is 11.0. The van der Waals surface area contributed by atoms with E-state index in [0.717, 1.165) is 28.2 Å². The summed E-state index contributed by atoms with van der Waals surface area (Å²) in [5.74, 6) is 0.274. The summed E-state index contributed by atoms with van der Waals surface area (Å²) >= 11 is 1.15. The lowest BCUT2D eigenvalue weighted by molar-refractivity contribution is -0.274. The molecule has 0 fully saturated rings. The largest absolute Gasteiger partial charge is 0.573 e. The van der Waals surface area contributed by atoms with Crippen molar-refractivity contribution >= 4 is 45.0 Å². The second-order valence-electron chi connectivity index (χ2n) is 7.50. The normalized spacial score (nSPS) is 11.4. The number of ether oxygens (including phenoxy) is 2. The van der Waals surface area contributed by atoms with E-state index in [0.29, 0.717) is 28.4 Å². The van der Waals surface area contributed by atoms with E-state index in [1.54, 1.807) is 12.0 Å². The predicted molar refractivity (Wildman–Crippen MR) is 126 cm³/mol. The van der Waals surface area contributed by atoms with Crippen molar-refractivity contribution in [1.82, 2.24) is 9.88 Å². The standard InChI is InChI=1S/C22H24F3N3O3S.ClH/c1-14-11-15(5-8-18(14)30-4)12-20(29)28(10-9-27(2)3)21-26-17-7-6-16(13-19(17)32-21)31-22(23,24)25;/h5-8,11,13H,9-10,12H2,1-4H3;1H. The van der Waals surface area contributed by atoms with Crippen molar-refractivity contribution in [2.75, 3.05) is 39.2 Å². The molecule has 0 aliphatic heterocycles. The molecule has 1 aromatic heterocycles. The maximum atomic E-state index is 13.2. The first-order valence-electron chi connectivity index (χ1n) is 9.80. The summed E-state index contributed by atoms with van der Waals surface area (Å²) in [6, 6.07) is 9.52. The van der Waals surface area contributed by atoms with Crippen molar-refractivity contribution in [2.24, 2.45) is 0 Å². The Morgan fingerprint density at radius 2 is 1.85 bits per heavy atom. The molecule has 0 saturated heterocycles. The number of benzene rings is 2. The number of fused-ring (bicyclic) bond motifs is 1. The summed E-state index contributed by atoms with van der Waals surface area (Å²) in [7, 11) is 5.39. The van der Waals surface area contributed by atoms with Gasteiger partial charge in [0.05, 0.1) is 23.7 Å². The van der Waals surface area contributed by atoms with Gasteiger partial charge in [0, 0.05) is 19.2 Å². The van der Waals surface area contributed by atoms with Gasteiger partial charge in [0.1, 0.15) is 11.5 Å². The molecule has 0 bridgehead atoms. The summed E-state index contributed by atoms with van der Waals surface area (Å²) in [4.78, 5) is 21.2. The molecule has 0 aliphatic rings. The van der Waals surface area contributed by atoms with Crippen LogP contribution in [0.1, 0.15) is 11.1 Å². The number of likely N-dealkylation sites (N-methyl/N-ethyl adjacent to an activating group) is 1. The summed E-state index contributed by atoms with van der Waals surface area (Å²) in [6.07, 6.45) is -4.61. The molecule has 0 unspecified atom stereocenters. The van der Waals surface area contributed by atoms with Crippen LogP contribution in [0.15, 0.2) is 36.4 Å². The Hall–Kier alpha value is -2.56. The number of thiazole rings is 1. The van der Waals surface area contributed by atoms with E-state index in [2.05, 4.69) is 9.72 Å². The van der Waals surface area contributed by atoms with Crippen molar-refractivity contribution in [3.8, 4) is 11.5 Å². The van der Waals surface area contributed by atoms with Crippen molar-refractivity contribution in [1.29, 1.82) is 0 Å². The van der Waals surface area contributed by atoms with Gasteiger partial charge in [-0.05, 0) is 50.3 Å². The molecule has 0 aliphatic carbocycles. The van der Waals surface area contributed by atoms with Crippen molar-refractivity contribution in [3.05, 3.63) is 47.5 Å². The molecule has 0 radical (unpaired) electrons. The molecule has 3 rings (SSSR count). The topological polar surface area (TPSA) is 54.9 Å². The number of hydrogen-bond acceptors (Lipinski definition) is 6. The van der Waals surface area contributed by atoms with Gasteiger partial charge in [-0.15, -0.1) is 25.6 Å². The van der Waals surface area contributed by atoms with Gasteiger partial charge < -0.3 is 14.4 Å². The molecule has 0 N–H and O–H groups in total. The van der Waals surface area contributed by atoms with E-state index in [9.17, 15) is 18.0 Å². The third-order valence-corrected chi connectivity index (χ3v) is 5.74. The van der Waals surface area contributed by atoms with Crippen LogP contribution in [0.5, 0.6) is 11.5 Å². The first-order chi connectivity index (χ1) is 15.1. The highest BCUT2D eigenvalue weighted by Crippen LogP contribution is 2.33. The summed E-state index contributed by atoms with van der Waals surface area (Å²) in [6.45, 7) is 2.91. The van der Waals surface area contributed by atoms with Crippen LogP contribution >= 0.6 is 23.7 Å². The molecule has 1 heterocycles. The molecule has 2 aromatic carbocycles. The van der Waals surface area contributed by atoms with Crippen molar-refractivity contribution in [3.63, 3.8) is 0 Å². The number of aryl methyl sites for hydroxylation is 1. The van der Waals surface area contributed by atoms with Crippen LogP contribution in [0, 0.1) is 6.92 Å². The number of amides is 1. The zero-order valence-electron chi connectivity index (χ0n) is 18.6. The van der Waals surface area contributed by atoms with Gasteiger partial charge in [-0.1, -0.05) is 23.5 Å². The van der Waals surface area contributed by atoms with Crippen molar-refractivity contribution < 1.29 is 27.4 Å². The van der Waals surface area contributed by atoms with E-state index in [1.807, 2.05) is 44.1 Å². The number of anilines is 1. The van der Waals surface area contributed by atoms with E-state index in [4.69, 9.17) is 4.74 Å². The second-order valence-corrected chi connectivity index (χ2v) is 8.51. The van der Waals surface area contributed by atoms with Gasteiger partial charge >= 0.3 is 6.36 Å². The molecule has 11 heteroatoms. The molecule has 0 saturated carbocycles. The van der Waals surface area contributed by atoms with Gasteiger partial charge in [0.25, 0.3) is 0 Å². The lowest BCUT2D eigenvalue weighted by Gasteiger charge is -2.22. The minimum absolute atomic E-state index is 0. The Balaban J connectivity index is 0.00000385. The van der Waals surface area contributed by atoms with Crippen LogP contribution in [-0.2, 0) is 11.2 Å². The SMILES string of the molecule is COc1ccc(CC(=O)N(CCN(C)C)c2nc3ccc(OC(F)(F)F)cc3s2)cc1C.Cl. The van der Waals surface area contributed by atoms with Crippen LogP contribution in [0.4, 0.5) is 18.3 Å². The average molecular weight is 504 g/mol. The Labute approximate surface area is 200 Å². The minimum atomic E-state index is -4.77. The molecular weight excluding hydrogens is 479 g/mol. The Morgan fingerprint density at radius 3 is 2.45 bits per heavy atom. The molecule has 6 nitrogen and oxygen atoms in total. The number of nitrogens with zero attached hydrogens (tertiary/aromatic N) is 3. The summed E-state index contributed by atoms with van der Waals surface area (Å²) in [5.41, 5.74) is 2.27. The fourth-order valence-electron chi connectivity index (χ4n) is 3.15. The van der Waals surface area contributed by atoms with Crippen LogP contribution in [0.2, 0.25) is 0 Å². The number of halogens is 4. The fourth-order valence-corrected chi connectivity index (χ4v) is 4.19. The van der Waals surface area contributed by atoms with Crippen molar-refractivity contribution in [2.45, 2.75) is 19.7 Å². The van der Waals surface area contributed by atoms with Crippen LogP contribution in [0.3, 0.4) is 0 Å². The number of methoxy groups -OCH3 is 1. The zero-order chi connectivity index (χ0) is 23.5. The highest BCUT2D eigenvalue weighted by Gasteiger charge is 2.31. The van der Waals surface area contributed by atoms with Gasteiger partial charge in [-0.25, -0.2) is 4.98 Å². The first kappa shape index (κ1) is 26.7. The van der Waals surface area contributed by atoms with E-state index < -0.39 is 6.36 Å². The summed E-state index contributed by atoms with van der Waals surface area (Å²) < 4.78 is 47.4. The zero-order valence-corrected chi connectivity index (χ0v) is 20.2. The molecule has 0 atom stereocenters. The molecular formula is C22H25ClF3N3O3S. The summed E-state index contributed by atoms with van der Waals surface area (Å²) in [5, 5.41) is 0.432. The van der Waals surface area contributed by atoms with Gasteiger partial charge in [0.2, 0.25) is 5.91 Å². The highest BCUT2D eigenvalue weighted by molar-refractivity contribution is 7.22. The molecule has 0 spiro atoms. The number of carbonyl (C=O) groups is 1. The average Bonchev–Trinajstić information content (AvgIpc) is 3.09. The quantitative estimate of drug-likeness (QED) is 0.429. The lowest BCUT2D eigenvalue weighted by atomic mass is 10.1. The van der Waals surface area contributed by atoms with E-state index in [1.165, 1.54) is 18.2 Å². The van der Waals surface area contributed by atoms with Gasteiger partial charge in [-0.3, -0.25) is 9.69 Å². The third-order valence-electron chi connectivity index (χ3n) is 4.70. The molecule has 33 heavy (non-hydrogen) atoms. The number of rotatable bonds is 8. The van der Waals surface area contributed by atoms with Crippen LogP contribution < -0.4 is 14.4 Å². The van der Waals surface area contributed by atoms with E-state index >= 15 is 0 Å². The lowest BCUT2D eigenvalue weighted by Crippen LogP contribution is -2.37. The monoisotopic (exact) mass is 503 g/mol. The number of carbonyl (C=O) groups excluding carboxylic acids is 1. The minimum Gasteiger partial charge on any atom is -0.496 e. The number of alkyl halides is 3. The van der Waals surface area contributed by atoms with Crippen LogP contribution in [-0.4, -0.2) is 56.4 Å². The van der Waals surface area contributed by atoms with Gasteiger partial charge in [0.15, 0.2) is 5.13 Å². The molecule has 180 valence electrons. The first-order valence-corrected chi connectivity index (χ1v) is 10.6. The third kappa shape index (κ3) is 7.21. The van der Waals surface area contributed by atoms with Crippen LogP contribution in [0.25, 0.3) is 10.2 Å². The molecule has 1 amide bonds. The predicted octanol–water partition coefficient (Wildman–Crippen LogP) is 5.07. The Kier molecular flexibility index (Phi) is 8.93. The molecule has 3 aromatic rings. The Bertz CT molecular complexity index is 1110. The van der Waals surface area contributed by atoms with Gasteiger partial charge in [-0.2, -0.15) is 0 Å². The highest BCUT2D eigenvalue weighted by atomic mass is 35.5. The van der Waals surface area contributed by atoms with E-state index in [-0.39, 0.29) is 30.5 Å². The number of hydrogen-bond donors (Lipinski definition) is 0. The maximum Gasteiger partial charge on any atom is 0.573 e. The Morgan fingerprint density at radius 1 is 1.12 bits per heavy atom. The number of aromatic nitrogens is 1.